The largest absolute Gasteiger partial charge is 0.435 e. The summed E-state index contributed by atoms with van der Waals surface area (Å²) in [5.41, 5.74) is -5.82. The Labute approximate surface area is 187 Å². The summed E-state index contributed by atoms with van der Waals surface area (Å²) < 4.78 is 87.4. The smallest absolute Gasteiger partial charge is 0.390 e. The van der Waals surface area contributed by atoms with Crippen LogP contribution in [0.4, 0.5) is 32.0 Å². The molecule has 1 aliphatic carbocycles. The van der Waals surface area contributed by atoms with Gasteiger partial charge >= 0.3 is 12.4 Å². The summed E-state index contributed by atoms with van der Waals surface area (Å²) in [5, 5.41) is 15.7. The third-order valence-electron chi connectivity index (χ3n) is 6.89. The third-order valence-corrected chi connectivity index (χ3v) is 7.22. The van der Waals surface area contributed by atoms with Crippen LogP contribution in [0.15, 0.2) is 24.4 Å². The molecule has 1 saturated carbocycles. The number of fused-ring (bicyclic) bond motifs is 5. The fraction of sp³-hybridized carbons (Fsp3) is 0.500. The van der Waals surface area contributed by atoms with Gasteiger partial charge in [-0.15, -0.1) is 0 Å². The maximum absolute atomic E-state index is 13.7. The molecular weight excluding hydrogens is 480 g/mol. The van der Waals surface area contributed by atoms with Gasteiger partial charge in [0.2, 0.25) is 5.91 Å². The Hall–Kier alpha value is -2.31. The van der Waals surface area contributed by atoms with Crippen molar-refractivity contribution in [3.05, 3.63) is 46.2 Å². The lowest BCUT2D eigenvalue weighted by molar-refractivity contribution is -0.143. The highest BCUT2D eigenvalue weighted by molar-refractivity contribution is 6.31. The van der Waals surface area contributed by atoms with Gasteiger partial charge in [-0.2, -0.15) is 31.4 Å². The standard InChI is InChI=1S/C20H16ClF6N3O3/c1-30-6-10(14(29-30)20(25,26)27)17-7-18(17,13-5-12(31)15(17)33-13)16(32)28-8-2-3-11(21)9(4-8)19(22,23)24/h2-4,6,12-13,15,31H,5,7H2,1H3,(H,28,32). The minimum absolute atomic E-state index is 0.0237. The number of amides is 1. The zero-order valence-corrected chi connectivity index (χ0v) is 17.5. The molecule has 6 nitrogen and oxygen atoms in total. The van der Waals surface area contributed by atoms with Crippen LogP contribution in [0.1, 0.15) is 29.7 Å². The van der Waals surface area contributed by atoms with E-state index in [-0.39, 0.29) is 24.1 Å². The van der Waals surface area contributed by atoms with Crippen molar-refractivity contribution in [2.75, 3.05) is 5.32 Å². The van der Waals surface area contributed by atoms with E-state index in [1.54, 1.807) is 0 Å². The number of aliphatic hydroxyl groups excluding tert-OH is 1. The Bertz CT molecular complexity index is 1160. The average Bonchev–Trinajstić information content (AvgIpc) is 2.92. The fourth-order valence-electron chi connectivity index (χ4n) is 5.58. The summed E-state index contributed by atoms with van der Waals surface area (Å²) >= 11 is 5.62. The zero-order valence-electron chi connectivity index (χ0n) is 16.8. The molecule has 0 spiro atoms. The average molecular weight is 496 g/mol. The van der Waals surface area contributed by atoms with Crippen LogP contribution < -0.4 is 5.32 Å². The Morgan fingerprint density at radius 1 is 1.27 bits per heavy atom. The highest BCUT2D eigenvalue weighted by atomic mass is 35.5. The summed E-state index contributed by atoms with van der Waals surface area (Å²) in [4.78, 5) is 13.4. The number of nitrogens with zero attached hydrogens (tertiary/aromatic N) is 2. The lowest BCUT2D eigenvalue weighted by Gasteiger charge is -2.29. The summed E-state index contributed by atoms with van der Waals surface area (Å²) in [6.07, 6.45) is -11.5. The molecule has 5 rings (SSSR count). The highest BCUT2D eigenvalue weighted by Crippen LogP contribution is 2.78. The number of benzene rings is 1. The van der Waals surface area contributed by atoms with Crippen LogP contribution in [0.25, 0.3) is 0 Å². The summed E-state index contributed by atoms with van der Waals surface area (Å²) in [7, 11) is 1.30. The number of anilines is 1. The van der Waals surface area contributed by atoms with Crippen LogP contribution >= 0.6 is 11.6 Å². The molecule has 1 aromatic heterocycles. The van der Waals surface area contributed by atoms with Crippen LogP contribution in [0.3, 0.4) is 0 Å². The molecule has 2 saturated heterocycles. The maximum Gasteiger partial charge on any atom is 0.435 e. The molecule has 0 radical (unpaired) electrons. The molecule has 2 bridgehead atoms. The van der Waals surface area contributed by atoms with Gasteiger partial charge in [-0.25, -0.2) is 0 Å². The number of alkyl halides is 6. The van der Waals surface area contributed by atoms with Crippen molar-refractivity contribution in [1.29, 1.82) is 0 Å². The second kappa shape index (κ2) is 6.63. The monoisotopic (exact) mass is 495 g/mol. The molecular formula is C20H16ClF6N3O3. The second-order valence-corrected chi connectivity index (χ2v) is 9.08. The van der Waals surface area contributed by atoms with Gasteiger partial charge in [0.15, 0.2) is 5.69 Å². The van der Waals surface area contributed by atoms with Gasteiger partial charge in [0.1, 0.15) is 0 Å². The van der Waals surface area contributed by atoms with Crippen LogP contribution in [-0.2, 0) is 34.3 Å². The molecule has 2 aliphatic heterocycles. The van der Waals surface area contributed by atoms with Gasteiger partial charge in [-0.3, -0.25) is 9.48 Å². The SMILES string of the molecule is Cn1cc(C23CC2(C(=O)Nc2ccc(Cl)c(C(F)(F)F)c2)C2CC(O)C3O2)c(C(F)(F)F)n1. The van der Waals surface area contributed by atoms with Crippen LogP contribution in [0, 0.1) is 5.41 Å². The van der Waals surface area contributed by atoms with E-state index in [1.807, 2.05) is 0 Å². The van der Waals surface area contributed by atoms with Crippen molar-refractivity contribution in [2.45, 2.75) is 48.9 Å². The molecule has 3 aliphatic rings. The number of halogens is 7. The van der Waals surface area contributed by atoms with Gasteiger partial charge in [0.25, 0.3) is 0 Å². The number of rotatable bonds is 3. The normalized spacial score (nSPS) is 32.7. The predicted octanol–water partition coefficient (Wildman–Crippen LogP) is 3.91. The highest BCUT2D eigenvalue weighted by Gasteiger charge is 2.88. The van der Waals surface area contributed by atoms with E-state index >= 15 is 0 Å². The zero-order chi connectivity index (χ0) is 24.1. The minimum atomic E-state index is -4.82. The molecule has 5 unspecified atom stereocenters. The van der Waals surface area contributed by atoms with Gasteiger partial charge in [0.05, 0.1) is 34.3 Å². The van der Waals surface area contributed by atoms with Crippen molar-refractivity contribution >= 4 is 23.2 Å². The number of hydrogen-bond acceptors (Lipinski definition) is 4. The number of aromatic nitrogens is 2. The Morgan fingerprint density at radius 3 is 2.61 bits per heavy atom. The van der Waals surface area contributed by atoms with E-state index in [2.05, 4.69) is 10.4 Å². The van der Waals surface area contributed by atoms with Crippen molar-refractivity contribution in [3.8, 4) is 0 Å². The molecule has 2 N–H and O–H groups in total. The number of carbonyl (C=O) groups is 1. The summed E-state index contributed by atoms with van der Waals surface area (Å²) in [6, 6.07) is 2.81. The number of carbonyl (C=O) groups excluding carboxylic acids is 1. The summed E-state index contributed by atoms with van der Waals surface area (Å²) in [6.45, 7) is 0. The molecule has 13 heteroatoms. The molecule has 3 heterocycles. The predicted molar refractivity (Wildman–Crippen MR) is 101 cm³/mol. The first kappa shape index (κ1) is 22.5. The van der Waals surface area contributed by atoms with E-state index in [0.29, 0.717) is 6.07 Å². The number of ether oxygens (including phenoxy) is 1. The van der Waals surface area contributed by atoms with Gasteiger partial charge < -0.3 is 15.2 Å². The van der Waals surface area contributed by atoms with E-state index in [9.17, 15) is 36.2 Å². The van der Waals surface area contributed by atoms with E-state index in [1.165, 1.54) is 13.1 Å². The molecule has 5 atom stereocenters. The Kier molecular flexibility index (Phi) is 4.52. The molecule has 178 valence electrons. The third kappa shape index (κ3) is 2.96. The van der Waals surface area contributed by atoms with E-state index in [0.717, 1.165) is 16.9 Å². The van der Waals surface area contributed by atoms with Gasteiger partial charge in [-0.05, 0) is 24.6 Å². The number of aliphatic hydroxyl groups is 1. The van der Waals surface area contributed by atoms with Crippen molar-refractivity contribution in [1.82, 2.24) is 9.78 Å². The fourth-order valence-corrected chi connectivity index (χ4v) is 5.81. The molecule has 1 aromatic carbocycles. The van der Waals surface area contributed by atoms with E-state index in [4.69, 9.17) is 16.3 Å². The first-order valence-electron chi connectivity index (χ1n) is 9.85. The lowest BCUT2D eigenvalue weighted by atomic mass is 9.73. The van der Waals surface area contributed by atoms with Crippen molar-refractivity contribution in [3.63, 3.8) is 0 Å². The number of aryl methyl sites for hydroxylation is 1. The van der Waals surface area contributed by atoms with Crippen molar-refractivity contribution < 1.29 is 41.0 Å². The topological polar surface area (TPSA) is 76.4 Å². The summed E-state index contributed by atoms with van der Waals surface area (Å²) in [5.74, 6) is -0.783. The van der Waals surface area contributed by atoms with Crippen LogP contribution in [0.5, 0.6) is 0 Å². The number of hydrogen-bond donors (Lipinski definition) is 2. The van der Waals surface area contributed by atoms with Crippen molar-refractivity contribution in [2.24, 2.45) is 12.5 Å². The van der Waals surface area contributed by atoms with Gasteiger partial charge in [-0.1, -0.05) is 11.6 Å². The Morgan fingerprint density at radius 2 is 1.97 bits per heavy atom. The van der Waals surface area contributed by atoms with E-state index < -0.39 is 63.7 Å². The second-order valence-electron chi connectivity index (χ2n) is 8.68. The minimum Gasteiger partial charge on any atom is -0.390 e. The maximum atomic E-state index is 13.7. The van der Waals surface area contributed by atoms with Crippen LogP contribution in [0.2, 0.25) is 5.02 Å². The molecule has 33 heavy (non-hydrogen) atoms. The Balaban J connectivity index is 1.55. The quantitative estimate of drug-likeness (QED) is 0.633. The lowest BCUT2D eigenvalue weighted by Crippen LogP contribution is -2.45. The van der Waals surface area contributed by atoms with Crippen LogP contribution in [-0.4, -0.2) is 39.1 Å². The van der Waals surface area contributed by atoms with Gasteiger partial charge in [0, 0.05) is 36.3 Å². The first-order valence-corrected chi connectivity index (χ1v) is 10.2. The number of nitrogens with one attached hydrogen (secondary N) is 1. The molecule has 2 aromatic rings. The molecule has 1 amide bonds. The molecule has 3 fully saturated rings. The first-order chi connectivity index (χ1) is 15.2.